The van der Waals surface area contributed by atoms with Crippen LogP contribution in [0.5, 0.6) is 0 Å². The maximum absolute atomic E-state index is 14.0. The van der Waals surface area contributed by atoms with E-state index in [0.29, 0.717) is 10.7 Å². The minimum Gasteiger partial charge on any atom is -0.380 e. The number of aromatic nitrogens is 1. The van der Waals surface area contributed by atoms with Crippen molar-refractivity contribution in [2.24, 2.45) is 0 Å². The first kappa shape index (κ1) is 24.1. The summed E-state index contributed by atoms with van der Waals surface area (Å²) in [6, 6.07) is 4.94. The van der Waals surface area contributed by atoms with E-state index in [4.69, 9.17) is 11.6 Å². The van der Waals surface area contributed by atoms with E-state index in [1.54, 1.807) is 6.07 Å². The van der Waals surface area contributed by atoms with Crippen LogP contribution in [0.4, 0.5) is 23.7 Å². The van der Waals surface area contributed by atoms with Gasteiger partial charge in [0.1, 0.15) is 6.04 Å². The molecular weight excluding hydrogens is 471 g/mol. The number of halogens is 4. The summed E-state index contributed by atoms with van der Waals surface area (Å²) in [4.78, 5) is 30.6. The van der Waals surface area contributed by atoms with Crippen molar-refractivity contribution in [1.82, 2.24) is 20.1 Å². The van der Waals surface area contributed by atoms with E-state index < -0.39 is 30.2 Å². The number of amides is 3. The summed E-state index contributed by atoms with van der Waals surface area (Å²) in [6.45, 7) is -0.133. The van der Waals surface area contributed by atoms with Crippen molar-refractivity contribution >= 4 is 29.2 Å². The van der Waals surface area contributed by atoms with Crippen molar-refractivity contribution in [3.8, 4) is 0 Å². The van der Waals surface area contributed by atoms with E-state index in [9.17, 15) is 22.8 Å². The lowest BCUT2D eigenvalue weighted by molar-refractivity contribution is -0.190. The molecule has 7 nitrogen and oxygen atoms in total. The van der Waals surface area contributed by atoms with Crippen LogP contribution in [0.15, 0.2) is 36.5 Å². The molecule has 11 heteroatoms. The van der Waals surface area contributed by atoms with E-state index in [2.05, 4.69) is 15.6 Å². The summed E-state index contributed by atoms with van der Waals surface area (Å²) in [5.74, 6) is -0.774. The Morgan fingerprint density at radius 1 is 1.21 bits per heavy atom. The van der Waals surface area contributed by atoms with Gasteiger partial charge in [-0.25, -0.2) is 4.79 Å². The van der Waals surface area contributed by atoms with Crippen molar-refractivity contribution in [3.63, 3.8) is 0 Å². The van der Waals surface area contributed by atoms with Gasteiger partial charge in [0.2, 0.25) is 5.91 Å². The standard InChI is InChI=1S/C23H25ClF3N5O2/c1-31(2)22(34)30-19-7-8-32(21(19)33)20(23(25,26)27)18-6-5-16(12-28-18)29-17-10-13-3-4-15(24)9-14(13)11-17/h3-6,9,12,17,19-20,29H,7-8,10-11H2,1-2H3,(H,30,34)/t17?,19-,20?/m0/s1. The fourth-order valence-electron chi connectivity index (χ4n) is 4.45. The van der Waals surface area contributed by atoms with Crippen LogP contribution < -0.4 is 10.6 Å². The normalized spacial score (nSPS) is 20.8. The number of fused-ring (bicyclic) bond motifs is 1. The smallest absolute Gasteiger partial charge is 0.380 e. The molecule has 4 rings (SSSR count). The van der Waals surface area contributed by atoms with Gasteiger partial charge in [-0.1, -0.05) is 17.7 Å². The molecule has 1 aromatic carbocycles. The van der Waals surface area contributed by atoms with E-state index in [0.717, 1.165) is 23.3 Å². The number of alkyl halides is 3. The maximum atomic E-state index is 14.0. The Kier molecular flexibility index (Phi) is 6.62. The number of carbonyl (C=O) groups excluding carboxylic acids is 2. The molecule has 2 aliphatic rings. The lowest BCUT2D eigenvalue weighted by Gasteiger charge is -2.30. The summed E-state index contributed by atoms with van der Waals surface area (Å²) < 4.78 is 42.0. The number of hydrogen-bond acceptors (Lipinski definition) is 4. The quantitative estimate of drug-likeness (QED) is 0.661. The number of carbonyl (C=O) groups is 2. The zero-order valence-corrected chi connectivity index (χ0v) is 19.5. The third-order valence-electron chi connectivity index (χ3n) is 6.10. The highest BCUT2D eigenvalue weighted by Gasteiger charge is 2.50. The van der Waals surface area contributed by atoms with Gasteiger partial charge in [0.25, 0.3) is 0 Å². The molecule has 2 unspecified atom stereocenters. The van der Waals surface area contributed by atoms with E-state index in [-0.39, 0.29) is 24.7 Å². The molecule has 3 amide bonds. The van der Waals surface area contributed by atoms with Crippen molar-refractivity contribution < 1.29 is 22.8 Å². The zero-order chi connectivity index (χ0) is 24.6. The van der Waals surface area contributed by atoms with Crippen molar-refractivity contribution in [3.05, 3.63) is 58.4 Å². The van der Waals surface area contributed by atoms with Crippen LogP contribution in [0.25, 0.3) is 0 Å². The first-order valence-electron chi connectivity index (χ1n) is 10.9. The number of urea groups is 1. The number of pyridine rings is 1. The fraction of sp³-hybridized carbons (Fsp3) is 0.435. The highest BCUT2D eigenvalue weighted by molar-refractivity contribution is 6.30. The molecule has 1 aromatic heterocycles. The van der Waals surface area contributed by atoms with Gasteiger partial charge in [-0.05, 0) is 54.7 Å². The second-order valence-corrected chi connectivity index (χ2v) is 9.23. The van der Waals surface area contributed by atoms with Crippen molar-refractivity contribution in [2.45, 2.75) is 43.6 Å². The fourth-order valence-corrected chi connectivity index (χ4v) is 4.65. The van der Waals surface area contributed by atoms with E-state index in [1.807, 2.05) is 18.2 Å². The molecular formula is C23H25ClF3N5O2. The Bertz CT molecular complexity index is 1080. The summed E-state index contributed by atoms with van der Waals surface area (Å²) >= 11 is 6.05. The molecule has 1 aliphatic carbocycles. The molecule has 2 N–H and O–H groups in total. The minimum atomic E-state index is -4.72. The lowest BCUT2D eigenvalue weighted by atomic mass is 10.1. The second kappa shape index (κ2) is 9.32. The van der Waals surface area contributed by atoms with Crippen LogP contribution in [0.1, 0.15) is 29.3 Å². The van der Waals surface area contributed by atoms with Crippen LogP contribution in [-0.2, 0) is 17.6 Å². The molecule has 2 heterocycles. The van der Waals surface area contributed by atoms with Gasteiger partial charge in [-0.3, -0.25) is 9.78 Å². The number of rotatable bonds is 5. The molecule has 34 heavy (non-hydrogen) atoms. The maximum Gasteiger partial charge on any atom is 0.414 e. The Morgan fingerprint density at radius 2 is 1.94 bits per heavy atom. The average Bonchev–Trinajstić information content (AvgIpc) is 3.31. The van der Waals surface area contributed by atoms with Gasteiger partial charge in [-0.15, -0.1) is 0 Å². The summed E-state index contributed by atoms with van der Waals surface area (Å²) in [5.41, 5.74) is 2.66. The number of nitrogens with zero attached hydrogens (tertiary/aromatic N) is 3. The minimum absolute atomic E-state index is 0.0840. The van der Waals surface area contributed by atoms with Crippen LogP contribution in [0.2, 0.25) is 5.02 Å². The summed E-state index contributed by atoms with van der Waals surface area (Å²) in [7, 11) is 2.98. The predicted molar refractivity (Wildman–Crippen MR) is 122 cm³/mol. The van der Waals surface area contributed by atoms with Crippen LogP contribution >= 0.6 is 11.6 Å². The van der Waals surface area contributed by atoms with Gasteiger partial charge >= 0.3 is 12.2 Å². The summed E-state index contributed by atoms with van der Waals surface area (Å²) in [6.07, 6.45) is -1.73. The zero-order valence-electron chi connectivity index (χ0n) is 18.7. The van der Waals surface area contributed by atoms with Crippen molar-refractivity contribution in [2.75, 3.05) is 26.0 Å². The average molecular weight is 496 g/mol. The third-order valence-corrected chi connectivity index (χ3v) is 6.34. The molecule has 3 atom stereocenters. The first-order valence-corrected chi connectivity index (χ1v) is 11.3. The van der Waals surface area contributed by atoms with Crippen LogP contribution in [-0.4, -0.2) is 65.6 Å². The summed E-state index contributed by atoms with van der Waals surface area (Å²) in [5, 5.41) is 6.45. The Hall–Kier alpha value is -3.01. The molecule has 0 radical (unpaired) electrons. The van der Waals surface area contributed by atoms with Crippen LogP contribution in [0, 0.1) is 0 Å². The number of nitrogens with one attached hydrogen (secondary N) is 2. The van der Waals surface area contributed by atoms with Gasteiger partial charge in [0, 0.05) is 31.7 Å². The first-order chi connectivity index (χ1) is 16.0. The van der Waals surface area contributed by atoms with Gasteiger partial charge in [0.15, 0.2) is 6.04 Å². The lowest BCUT2D eigenvalue weighted by Crippen LogP contribution is -2.47. The van der Waals surface area contributed by atoms with E-state index >= 15 is 0 Å². The number of anilines is 1. The molecule has 1 aliphatic heterocycles. The number of benzene rings is 1. The molecule has 1 fully saturated rings. The highest BCUT2D eigenvalue weighted by atomic mass is 35.5. The number of likely N-dealkylation sites (tertiary alicyclic amines) is 1. The monoisotopic (exact) mass is 495 g/mol. The SMILES string of the molecule is CN(C)C(=O)N[C@H]1CCN(C(c2ccc(NC3Cc4ccc(Cl)cc4C3)cn2)C(F)(F)F)C1=O. The largest absolute Gasteiger partial charge is 0.414 e. The highest BCUT2D eigenvalue weighted by Crippen LogP contribution is 2.39. The molecule has 0 saturated carbocycles. The molecule has 0 bridgehead atoms. The Morgan fingerprint density at radius 3 is 2.59 bits per heavy atom. The molecule has 182 valence electrons. The third kappa shape index (κ3) is 5.06. The van der Waals surface area contributed by atoms with Crippen molar-refractivity contribution in [1.29, 1.82) is 0 Å². The Balaban J connectivity index is 1.46. The molecule has 0 spiro atoms. The predicted octanol–water partition coefficient (Wildman–Crippen LogP) is 3.79. The molecule has 1 saturated heterocycles. The van der Waals surface area contributed by atoms with Crippen LogP contribution in [0.3, 0.4) is 0 Å². The number of hydrogen-bond donors (Lipinski definition) is 2. The topological polar surface area (TPSA) is 77.6 Å². The van der Waals surface area contributed by atoms with Gasteiger partial charge < -0.3 is 20.4 Å². The Labute approximate surface area is 200 Å². The second-order valence-electron chi connectivity index (χ2n) is 8.80. The van der Waals surface area contributed by atoms with E-state index in [1.165, 1.54) is 36.8 Å². The van der Waals surface area contributed by atoms with Gasteiger partial charge in [-0.2, -0.15) is 13.2 Å². The van der Waals surface area contributed by atoms with Gasteiger partial charge in [0.05, 0.1) is 17.6 Å². The molecule has 2 aromatic rings.